The number of carbonyl (C=O) groups is 1. The summed E-state index contributed by atoms with van der Waals surface area (Å²) in [7, 11) is 0. The molecule has 1 nitrogen and oxygen atoms in total. The number of carbonyl (C=O) groups excluding carboxylic acids is 1. The normalized spacial score (nSPS) is 12.5. The van der Waals surface area contributed by atoms with Gasteiger partial charge in [0.15, 0.2) is 0 Å². The van der Waals surface area contributed by atoms with Crippen LogP contribution in [0.4, 0.5) is 0 Å². The van der Waals surface area contributed by atoms with Crippen LogP contribution in [0.2, 0.25) is 5.02 Å². The van der Waals surface area contributed by atoms with E-state index < -0.39 is 0 Å². The highest BCUT2D eigenvalue weighted by Crippen LogP contribution is 2.24. The second-order valence-corrected chi connectivity index (χ2v) is 5.61. The lowest BCUT2D eigenvalue weighted by atomic mass is 10.1. The van der Waals surface area contributed by atoms with E-state index in [4.69, 9.17) is 11.6 Å². The van der Waals surface area contributed by atoms with Gasteiger partial charge in [-0.05, 0) is 40.0 Å². The first kappa shape index (κ1) is 13.2. The lowest BCUT2D eigenvalue weighted by Crippen LogP contribution is -2.15. The minimum absolute atomic E-state index is 0.101. The summed E-state index contributed by atoms with van der Waals surface area (Å²) >= 11 is 12.6. The smallest absolute Gasteiger partial charge is 0.146 e. The second-order valence-electron chi connectivity index (χ2n) is 3.24. The van der Waals surface area contributed by atoms with Crippen molar-refractivity contribution in [1.29, 1.82) is 0 Å². The Bertz CT molecular complexity index is 366. The molecule has 0 heterocycles. The van der Waals surface area contributed by atoms with Crippen molar-refractivity contribution in [3.05, 3.63) is 33.3 Å². The van der Waals surface area contributed by atoms with Crippen LogP contribution in [0.5, 0.6) is 0 Å². The number of benzene rings is 1. The van der Waals surface area contributed by atoms with E-state index in [0.29, 0.717) is 17.9 Å². The molecule has 0 aromatic heterocycles. The molecule has 1 rings (SSSR count). The average Bonchev–Trinajstić information content (AvgIpc) is 2.22. The van der Waals surface area contributed by atoms with Crippen LogP contribution in [-0.2, 0) is 11.2 Å². The van der Waals surface area contributed by atoms with E-state index >= 15 is 0 Å². The molecule has 0 fully saturated rings. The fourth-order valence-electron chi connectivity index (χ4n) is 1.21. The molecule has 0 spiro atoms. The van der Waals surface area contributed by atoms with E-state index in [1.807, 2.05) is 25.1 Å². The van der Waals surface area contributed by atoms with Gasteiger partial charge in [0, 0.05) is 10.9 Å². The monoisotopic (exact) mass is 352 g/mol. The van der Waals surface area contributed by atoms with Gasteiger partial charge in [-0.15, -0.1) is 0 Å². The third kappa shape index (κ3) is 3.89. The van der Waals surface area contributed by atoms with E-state index in [9.17, 15) is 4.79 Å². The molecule has 0 radical (unpaired) electrons. The summed E-state index contributed by atoms with van der Waals surface area (Å²) in [6.07, 6.45) is 1.26. The van der Waals surface area contributed by atoms with Gasteiger partial charge in [0.25, 0.3) is 0 Å². The molecule has 0 aliphatic heterocycles. The van der Waals surface area contributed by atoms with Gasteiger partial charge in [-0.3, -0.25) is 4.79 Å². The molecular formula is C11H11Br2ClO. The summed E-state index contributed by atoms with van der Waals surface area (Å²) < 4.78 is 0.866. The highest BCUT2D eigenvalue weighted by molar-refractivity contribution is 9.10. The number of hydrogen-bond donors (Lipinski definition) is 0. The highest BCUT2D eigenvalue weighted by atomic mass is 79.9. The van der Waals surface area contributed by atoms with Crippen LogP contribution in [0.1, 0.15) is 18.9 Å². The van der Waals surface area contributed by atoms with E-state index in [-0.39, 0.29) is 10.6 Å². The standard InChI is InChI=1S/C11H11Br2ClO/c1-2-11(15)9(13)6-7-3-4-10(14)8(12)5-7/h3-5,9H,2,6H2,1H3. The zero-order valence-corrected chi connectivity index (χ0v) is 12.2. The Balaban J connectivity index is 2.73. The maximum atomic E-state index is 11.4. The average molecular weight is 354 g/mol. The van der Waals surface area contributed by atoms with E-state index in [0.717, 1.165) is 10.0 Å². The van der Waals surface area contributed by atoms with Gasteiger partial charge in [0.05, 0.1) is 9.85 Å². The van der Waals surface area contributed by atoms with Gasteiger partial charge < -0.3 is 0 Å². The molecule has 0 saturated heterocycles. The van der Waals surface area contributed by atoms with E-state index in [2.05, 4.69) is 31.9 Å². The molecule has 1 unspecified atom stereocenters. The van der Waals surface area contributed by atoms with Crippen molar-refractivity contribution >= 4 is 49.2 Å². The molecule has 1 aromatic carbocycles. The molecular weight excluding hydrogens is 343 g/mol. The van der Waals surface area contributed by atoms with Crippen molar-refractivity contribution in [2.24, 2.45) is 0 Å². The Morgan fingerprint density at radius 3 is 2.73 bits per heavy atom. The summed E-state index contributed by atoms with van der Waals surface area (Å²) in [4.78, 5) is 11.3. The summed E-state index contributed by atoms with van der Waals surface area (Å²) in [5, 5.41) is 0.687. The van der Waals surface area contributed by atoms with Crippen LogP contribution in [-0.4, -0.2) is 10.6 Å². The third-order valence-corrected chi connectivity index (χ3v) is 4.15. The van der Waals surface area contributed by atoms with Crippen molar-refractivity contribution in [2.75, 3.05) is 0 Å². The Labute approximate surface area is 111 Å². The predicted octanol–water partition coefficient (Wildman–Crippen LogP) is 4.39. The van der Waals surface area contributed by atoms with Crippen molar-refractivity contribution in [2.45, 2.75) is 24.6 Å². The number of rotatable bonds is 4. The molecule has 15 heavy (non-hydrogen) atoms. The highest BCUT2D eigenvalue weighted by Gasteiger charge is 2.13. The molecule has 0 amide bonds. The number of halogens is 3. The molecule has 0 bridgehead atoms. The van der Waals surface area contributed by atoms with Crippen LogP contribution < -0.4 is 0 Å². The van der Waals surface area contributed by atoms with Gasteiger partial charge >= 0.3 is 0 Å². The molecule has 4 heteroatoms. The Hall–Kier alpha value is 0.140. The number of hydrogen-bond acceptors (Lipinski definition) is 1. The predicted molar refractivity (Wildman–Crippen MR) is 70.9 cm³/mol. The Morgan fingerprint density at radius 1 is 1.53 bits per heavy atom. The number of Topliss-reactive ketones (excluding diaryl/α,β-unsaturated/α-hetero) is 1. The first-order valence-electron chi connectivity index (χ1n) is 4.65. The topological polar surface area (TPSA) is 17.1 Å². The summed E-state index contributed by atoms with van der Waals surface area (Å²) in [5.41, 5.74) is 1.09. The Morgan fingerprint density at radius 2 is 2.20 bits per heavy atom. The van der Waals surface area contributed by atoms with E-state index in [1.165, 1.54) is 0 Å². The summed E-state index contributed by atoms with van der Waals surface area (Å²) in [5.74, 6) is 0.223. The fourth-order valence-corrected chi connectivity index (χ4v) is 2.45. The molecule has 1 atom stereocenters. The number of alkyl halides is 1. The fraction of sp³-hybridized carbons (Fsp3) is 0.364. The van der Waals surface area contributed by atoms with Gasteiger partial charge in [-0.1, -0.05) is 40.5 Å². The van der Waals surface area contributed by atoms with Gasteiger partial charge in [0.2, 0.25) is 0 Å². The Kier molecular flexibility index (Phi) is 5.30. The van der Waals surface area contributed by atoms with Crippen LogP contribution in [0, 0.1) is 0 Å². The van der Waals surface area contributed by atoms with Crippen LogP contribution in [0.15, 0.2) is 22.7 Å². The molecule has 82 valence electrons. The number of ketones is 1. The maximum Gasteiger partial charge on any atom is 0.146 e. The zero-order chi connectivity index (χ0) is 11.4. The van der Waals surface area contributed by atoms with Crippen molar-refractivity contribution in [3.63, 3.8) is 0 Å². The van der Waals surface area contributed by atoms with Gasteiger partial charge in [-0.25, -0.2) is 0 Å². The summed E-state index contributed by atoms with van der Waals surface area (Å²) in [6, 6.07) is 5.71. The quantitative estimate of drug-likeness (QED) is 0.733. The van der Waals surface area contributed by atoms with Crippen LogP contribution >= 0.6 is 43.5 Å². The van der Waals surface area contributed by atoms with Gasteiger partial charge in [-0.2, -0.15) is 0 Å². The maximum absolute atomic E-state index is 11.4. The van der Waals surface area contributed by atoms with Crippen molar-refractivity contribution in [1.82, 2.24) is 0 Å². The van der Waals surface area contributed by atoms with Crippen LogP contribution in [0.3, 0.4) is 0 Å². The zero-order valence-electron chi connectivity index (χ0n) is 8.27. The van der Waals surface area contributed by atoms with E-state index in [1.54, 1.807) is 0 Å². The van der Waals surface area contributed by atoms with Crippen molar-refractivity contribution < 1.29 is 4.79 Å². The molecule has 0 N–H and O–H groups in total. The minimum atomic E-state index is -0.101. The first-order valence-corrected chi connectivity index (χ1v) is 6.74. The van der Waals surface area contributed by atoms with Crippen molar-refractivity contribution in [3.8, 4) is 0 Å². The first-order chi connectivity index (χ1) is 7.04. The molecule has 0 saturated carbocycles. The largest absolute Gasteiger partial charge is 0.298 e. The SMILES string of the molecule is CCC(=O)C(Br)Cc1ccc(Cl)c(Br)c1. The summed E-state index contributed by atoms with van der Waals surface area (Å²) in [6.45, 7) is 1.87. The molecule has 1 aromatic rings. The molecule has 0 aliphatic rings. The third-order valence-electron chi connectivity index (χ3n) is 2.10. The lowest BCUT2D eigenvalue weighted by Gasteiger charge is -2.08. The second kappa shape index (κ2) is 6.02. The molecule has 0 aliphatic carbocycles. The van der Waals surface area contributed by atoms with Crippen LogP contribution in [0.25, 0.3) is 0 Å². The lowest BCUT2D eigenvalue weighted by molar-refractivity contribution is -0.118. The van der Waals surface area contributed by atoms with Gasteiger partial charge in [0.1, 0.15) is 5.78 Å². The minimum Gasteiger partial charge on any atom is -0.298 e.